The van der Waals surface area contributed by atoms with Crippen LogP contribution in [-0.4, -0.2) is 38.5 Å². The molecule has 0 saturated heterocycles. The fourth-order valence-corrected chi connectivity index (χ4v) is 3.62. The molecule has 1 amide bonds. The van der Waals surface area contributed by atoms with E-state index in [1.807, 2.05) is 25.1 Å². The molecular formula is C24H30F3IN4O. The van der Waals surface area contributed by atoms with Gasteiger partial charge in [-0.05, 0) is 55.5 Å². The summed E-state index contributed by atoms with van der Waals surface area (Å²) in [7, 11) is 1.60. The van der Waals surface area contributed by atoms with Crippen molar-refractivity contribution in [2.45, 2.75) is 37.8 Å². The first-order valence-corrected chi connectivity index (χ1v) is 10.8. The molecule has 0 spiro atoms. The number of carbonyl (C=O) groups is 1. The molecule has 2 aromatic rings. The molecule has 1 aliphatic rings. The van der Waals surface area contributed by atoms with Gasteiger partial charge in [-0.25, -0.2) is 0 Å². The number of aliphatic imine (C=N–C) groups is 1. The summed E-state index contributed by atoms with van der Waals surface area (Å²) < 4.78 is 39.3. The van der Waals surface area contributed by atoms with Gasteiger partial charge in [-0.1, -0.05) is 30.3 Å². The summed E-state index contributed by atoms with van der Waals surface area (Å²) in [5.74, 6) is 0.507. The molecular weight excluding hydrogens is 544 g/mol. The van der Waals surface area contributed by atoms with Gasteiger partial charge in [0.15, 0.2) is 5.96 Å². The number of nitrogens with one attached hydrogen (secondary N) is 3. The van der Waals surface area contributed by atoms with Gasteiger partial charge in [0.05, 0.1) is 12.1 Å². The highest BCUT2D eigenvalue weighted by atomic mass is 127. The van der Waals surface area contributed by atoms with Crippen LogP contribution in [0.3, 0.4) is 0 Å². The Labute approximate surface area is 209 Å². The molecule has 1 fully saturated rings. The average Bonchev–Trinajstić information content (AvgIpc) is 3.58. The van der Waals surface area contributed by atoms with Crippen LogP contribution >= 0.6 is 24.0 Å². The van der Waals surface area contributed by atoms with E-state index in [4.69, 9.17) is 0 Å². The lowest BCUT2D eigenvalue weighted by Gasteiger charge is -2.17. The third-order valence-corrected chi connectivity index (χ3v) is 5.66. The molecule has 1 saturated carbocycles. The van der Waals surface area contributed by atoms with Gasteiger partial charge < -0.3 is 16.0 Å². The maximum Gasteiger partial charge on any atom is 0.416 e. The Balaban J connectivity index is 0.00000385. The van der Waals surface area contributed by atoms with Gasteiger partial charge in [-0.15, -0.1) is 24.0 Å². The van der Waals surface area contributed by atoms with Gasteiger partial charge in [0.25, 0.3) is 5.91 Å². The van der Waals surface area contributed by atoms with Crippen LogP contribution in [0, 0.1) is 0 Å². The van der Waals surface area contributed by atoms with Gasteiger partial charge in [0.1, 0.15) is 0 Å². The predicted octanol–water partition coefficient (Wildman–Crippen LogP) is 4.51. The van der Waals surface area contributed by atoms with Crippen LogP contribution in [-0.2, 0) is 18.0 Å². The summed E-state index contributed by atoms with van der Waals surface area (Å²) in [5.41, 5.74) is 1.39. The highest BCUT2D eigenvalue weighted by Gasteiger charge is 2.45. The Kier molecular flexibility index (Phi) is 9.57. The SMILES string of the molecule is CCNC(=NCC1(c2cccc(C(F)(F)F)c2)CC1)NCCc1cccc(C(=O)NC)c1.I. The third kappa shape index (κ3) is 7.35. The number of benzene rings is 2. The molecule has 33 heavy (non-hydrogen) atoms. The second-order valence-corrected chi connectivity index (χ2v) is 8.01. The topological polar surface area (TPSA) is 65.5 Å². The molecule has 0 radical (unpaired) electrons. The lowest BCUT2D eigenvalue weighted by atomic mass is 9.94. The summed E-state index contributed by atoms with van der Waals surface area (Å²) in [4.78, 5) is 16.4. The molecule has 0 heterocycles. The van der Waals surface area contributed by atoms with E-state index in [0.29, 0.717) is 43.1 Å². The summed E-state index contributed by atoms with van der Waals surface area (Å²) in [5, 5.41) is 9.08. The smallest absolute Gasteiger partial charge is 0.357 e. The summed E-state index contributed by atoms with van der Waals surface area (Å²) in [6, 6.07) is 13.0. The highest BCUT2D eigenvalue weighted by Crippen LogP contribution is 2.49. The summed E-state index contributed by atoms with van der Waals surface area (Å²) >= 11 is 0. The molecule has 5 nitrogen and oxygen atoms in total. The van der Waals surface area contributed by atoms with Crippen molar-refractivity contribution in [3.05, 3.63) is 70.8 Å². The number of halogens is 4. The van der Waals surface area contributed by atoms with E-state index in [0.717, 1.165) is 24.5 Å². The van der Waals surface area contributed by atoms with E-state index in [2.05, 4.69) is 20.9 Å². The maximum absolute atomic E-state index is 13.1. The molecule has 2 aromatic carbocycles. The number of amides is 1. The van der Waals surface area contributed by atoms with Crippen molar-refractivity contribution in [2.75, 3.05) is 26.7 Å². The van der Waals surface area contributed by atoms with Crippen LogP contribution in [0.1, 0.15) is 46.8 Å². The molecule has 0 atom stereocenters. The molecule has 0 unspecified atom stereocenters. The van der Waals surface area contributed by atoms with Crippen LogP contribution < -0.4 is 16.0 Å². The Morgan fingerprint density at radius 1 is 1.09 bits per heavy atom. The quantitative estimate of drug-likeness (QED) is 0.247. The molecule has 0 aliphatic heterocycles. The number of nitrogens with zero attached hydrogens (tertiary/aromatic N) is 1. The largest absolute Gasteiger partial charge is 0.416 e. The van der Waals surface area contributed by atoms with Gasteiger partial charge in [0.2, 0.25) is 0 Å². The van der Waals surface area contributed by atoms with Crippen molar-refractivity contribution in [3.8, 4) is 0 Å². The van der Waals surface area contributed by atoms with Gasteiger partial charge in [-0.2, -0.15) is 13.2 Å². The zero-order chi connectivity index (χ0) is 23.2. The molecule has 1 aliphatic carbocycles. The van der Waals surface area contributed by atoms with E-state index in [1.54, 1.807) is 19.2 Å². The first-order chi connectivity index (χ1) is 15.3. The molecule has 0 aromatic heterocycles. The Bertz CT molecular complexity index is 974. The van der Waals surface area contributed by atoms with E-state index in [1.165, 1.54) is 12.1 Å². The number of alkyl halides is 3. The van der Waals surface area contributed by atoms with Crippen LogP contribution in [0.25, 0.3) is 0 Å². The number of carbonyl (C=O) groups excluding carboxylic acids is 1. The number of hydrogen-bond acceptors (Lipinski definition) is 2. The number of hydrogen-bond donors (Lipinski definition) is 3. The molecule has 3 N–H and O–H groups in total. The van der Waals surface area contributed by atoms with Crippen LogP contribution in [0.5, 0.6) is 0 Å². The maximum atomic E-state index is 13.1. The Hall–Kier alpha value is -2.30. The van der Waals surface area contributed by atoms with Crippen molar-refractivity contribution < 1.29 is 18.0 Å². The normalized spacial score (nSPS) is 14.8. The van der Waals surface area contributed by atoms with E-state index >= 15 is 0 Å². The molecule has 9 heteroatoms. The van der Waals surface area contributed by atoms with Crippen molar-refractivity contribution >= 4 is 35.8 Å². The fourth-order valence-electron chi connectivity index (χ4n) is 3.62. The van der Waals surface area contributed by atoms with E-state index in [9.17, 15) is 18.0 Å². The van der Waals surface area contributed by atoms with E-state index < -0.39 is 11.7 Å². The predicted molar refractivity (Wildman–Crippen MR) is 135 cm³/mol. The van der Waals surface area contributed by atoms with Gasteiger partial charge >= 0.3 is 6.18 Å². The van der Waals surface area contributed by atoms with Crippen molar-refractivity contribution in [1.29, 1.82) is 0 Å². The Morgan fingerprint density at radius 3 is 2.45 bits per heavy atom. The minimum absolute atomic E-state index is 0. The number of rotatable bonds is 8. The minimum atomic E-state index is -4.35. The monoisotopic (exact) mass is 574 g/mol. The lowest BCUT2D eigenvalue weighted by Crippen LogP contribution is -2.39. The van der Waals surface area contributed by atoms with Crippen LogP contribution in [0.15, 0.2) is 53.5 Å². The first-order valence-electron chi connectivity index (χ1n) is 10.8. The van der Waals surface area contributed by atoms with E-state index in [-0.39, 0.29) is 35.3 Å². The zero-order valence-corrected chi connectivity index (χ0v) is 21.1. The van der Waals surface area contributed by atoms with Gasteiger partial charge in [0, 0.05) is 31.1 Å². The van der Waals surface area contributed by atoms with Crippen molar-refractivity contribution in [3.63, 3.8) is 0 Å². The third-order valence-electron chi connectivity index (χ3n) is 5.66. The van der Waals surface area contributed by atoms with Crippen LogP contribution in [0.4, 0.5) is 13.2 Å². The van der Waals surface area contributed by atoms with Crippen LogP contribution in [0.2, 0.25) is 0 Å². The summed E-state index contributed by atoms with van der Waals surface area (Å²) in [6.45, 7) is 3.67. The second kappa shape index (κ2) is 11.7. The average molecular weight is 574 g/mol. The highest BCUT2D eigenvalue weighted by molar-refractivity contribution is 14.0. The summed E-state index contributed by atoms with van der Waals surface area (Å²) in [6.07, 6.45) is -2.00. The molecule has 0 bridgehead atoms. The standard InChI is InChI=1S/C24H29F3N4O.HI/c1-3-29-22(30-13-10-17-6-4-7-18(14-17)21(32)28-2)31-16-23(11-12-23)19-8-5-9-20(15-19)24(25,26)27;/h4-9,14-15H,3,10-13,16H2,1-2H3,(H,28,32)(H2,29,30,31);1H. The molecule has 3 rings (SSSR count). The number of guanidine groups is 1. The fraction of sp³-hybridized carbons (Fsp3) is 0.417. The van der Waals surface area contributed by atoms with Crippen molar-refractivity contribution in [2.24, 2.45) is 4.99 Å². The zero-order valence-electron chi connectivity index (χ0n) is 18.8. The minimum Gasteiger partial charge on any atom is -0.357 e. The molecule has 180 valence electrons. The van der Waals surface area contributed by atoms with Crippen molar-refractivity contribution in [1.82, 2.24) is 16.0 Å². The lowest BCUT2D eigenvalue weighted by molar-refractivity contribution is -0.137. The Morgan fingerprint density at radius 2 is 1.82 bits per heavy atom. The second-order valence-electron chi connectivity index (χ2n) is 8.01. The first kappa shape index (κ1) is 26.9. The van der Waals surface area contributed by atoms with Gasteiger partial charge in [-0.3, -0.25) is 9.79 Å².